The van der Waals surface area contributed by atoms with Crippen molar-refractivity contribution < 1.29 is 18.5 Å². The predicted octanol–water partition coefficient (Wildman–Crippen LogP) is 1.05. The molecule has 0 radical (unpaired) electrons. The number of hydrogen-bond acceptors (Lipinski definition) is 3. The third-order valence-corrected chi connectivity index (χ3v) is 4.02. The molecular weight excluding hydrogens is 293 g/mol. The highest BCUT2D eigenvalue weighted by Gasteiger charge is 2.09. The zero-order valence-electron chi connectivity index (χ0n) is 11.7. The normalized spacial score (nSPS) is 12.6. The highest BCUT2D eigenvalue weighted by Crippen LogP contribution is 2.22. The van der Waals surface area contributed by atoms with E-state index in [9.17, 15) is 12.8 Å². The minimum Gasteiger partial charge on any atom is -0.354 e. The van der Waals surface area contributed by atoms with Gasteiger partial charge in [0.1, 0.15) is 5.83 Å². The Labute approximate surface area is 122 Å². The van der Waals surface area contributed by atoms with Crippen LogP contribution in [0.15, 0.2) is 53.5 Å². The Hall–Kier alpha value is -1.99. The molecule has 3 N–H and O–H groups in total. The van der Waals surface area contributed by atoms with Crippen molar-refractivity contribution in [1.29, 1.82) is 0 Å². The molecule has 0 amide bonds. The van der Waals surface area contributed by atoms with Crippen LogP contribution in [0, 0.1) is 0 Å². The van der Waals surface area contributed by atoms with Gasteiger partial charge in [0.25, 0.3) is 0 Å². The number of halogens is 1. The van der Waals surface area contributed by atoms with Gasteiger partial charge in [0.2, 0.25) is 0 Å². The molecule has 5 nitrogen and oxygen atoms in total. The molecule has 0 saturated carbocycles. The minimum atomic E-state index is -3.26. The zero-order chi connectivity index (χ0) is 15.5. The van der Waals surface area contributed by atoms with E-state index in [-0.39, 0.29) is 17.3 Å². The second-order valence-electron chi connectivity index (χ2n) is 4.67. The summed E-state index contributed by atoms with van der Waals surface area (Å²) < 4.78 is 38.0. The standard InChI is InChI=1S/C14H16FN3O2S/c1-21(19,20)14-4-2-3-11(7-14)12-8-17-18(9-12)10-13(15)5-6-16/h2-5,7-9H,6,10,16H2,1H3/p+1. The number of nitrogens with zero attached hydrogens (tertiary/aromatic N) is 2. The number of rotatable bonds is 5. The smallest absolute Gasteiger partial charge is 0.175 e. The zero-order valence-corrected chi connectivity index (χ0v) is 12.5. The average molecular weight is 310 g/mol. The number of benzene rings is 1. The molecule has 0 saturated heterocycles. The first-order chi connectivity index (χ1) is 9.90. The average Bonchev–Trinajstić information content (AvgIpc) is 2.86. The fourth-order valence-corrected chi connectivity index (χ4v) is 2.55. The lowest BCUT2D eigenvalue weighted by molar-refractivity contribution is -0.353. The van der Waals surface area contributed by atoms with E-state index in [1.165, 1.54) is 10.8 Å². The third-order valence-electron chi connectivity index (χ3n) is 2.91. The van der Waals surface area contributed by atoms with Crippen LogP contribution in [0.2, 0.25) is 0 Å². The summed E-state index contributed by atoms with van der Waals surface area (Å²) in [5, 5.41) is 4.07. The number of allylic oxidation sites excluding steroid dienone is 1. The van der Waals surface area contributed by atoms with Crippen molar-refractivity contribution in [2.75, 3.05) is 12.8 Å². The van der Waals surface area contributed by atoms with Gasteiger partial charge in [-0.25, -0.2) is 12.8 Å². The van der Waals surface area contributed by atoms with E-state index in [1.54, 1.807) is 36.7 Å². The number of quaternary nitrogens is 1. The molecular formula is C14H17FN3O2S+. The van der Waals surface area contributed by atoms with Crippen LogP contribution < -0.4 is 5.73 Å². The quantitative estimate of drug-likeness (QED) is 0.896. The second-order valence-corrected chi connectivity index (χ2v) is 6.68. The van der Waals surface area contributed by atoms with Gasteiger partial charge in [-0.2, -0.15) is 5.10 Å². The maximum absolute atomic E-state index is 13.4. The van der Waals surface area contributed by atoms with Crippen molar-refractivity contribution in [2.24, 2.45) is 0 Å². The Bertz CT molecular complexity index is 766. The summed E-state index contributed by atoms with van der Waals surface area (Å²) in [7, 11) is -3.26. The lowest BCUT2D eigenvalue weighted by Crippen LogP contribution is -2.49. The lowest BCUT2D eigenvalue weighted by atomic mass is 10.1. The molecule has 0 spiro atoms. The fourth-order valence-electron chi connectivity index (χ4n) is 1.88. The van der Waals surface area contributed by atoms with Crippen LogP contribution >= 0.6 is 0 Å². The number of aromatic nitrogens is 2. The summed E-state index contributed by atoms with van der Waals surface area (Å²) in [5.41, 5.74) is 5.02. The van der Waals surface area contributed by atoms with Crippen molar-refractivity contribution in [3.8, 4) is 11.1 Å². The van der Waals surface area contributed by atoms with Crippen molar-refractivity contribution in [3.05, 3.63) is 48.6 Å². The summed E-state index contributed by atoms with van der Waals surface area (Å²) in [4.78, 5) is 0.246. The van der Waals surface area contributed by atoms with Crippen LogP contribution in [0.1, 0.15) is 0 Å². The highest BCUT2D eigenvalue weighted by molar-refractivity contribution is 7.90. The van der Waals surface area contributed by atoms with E-state index in [2.05, 4.69) is 10.8 Å². The summed E-state index contributed by atoms with van der Waals surface area (Å²) >= 11 is 0. The second kappa shape index (κ2) is 6.19. The highest BCUT2D eigenvalue weighted by atomic mass is 32.2. The van der Waals surface area contributed by atoms with Gasteiger partial charge in [-0.15, -0.1) is 0 Å². The van der Waals surface area contributed by atoms with Gasteiger partial charge in [-0.05, 0) is 17.7 Å². The Morgan fingerprint density at radius 2 is 2.19 bits per heavy atom. The van der Waals surface area contributed by atoms with Gasteiger partial charge in [0.05, 0.1) is 24.2 Å². The molecule has 7 heteroatoms. The topological polar surface area (TPSA) is 79.6 Å². The summed E-state index contributed by atoms with van der Waals surface area (Å²) in [6.45, 7) is 0.428. The fraction of sp³-hybridized carbons (Fsp3) is 0.214. The van der Waals surface area contributed by atoms with Crippen molar-refractivity contribution in [1.82, 2.24) is 9.78 Å². The molecule has 0 bridgehead atoms. The first-order valence-electron chi connectivity index (χ1n) is 6.37. The van der Waals surface area contributed by atoms with E-state index in [0.717, 1.165) is 17.4 Å². The van der Waals surface area contributed by atoms with Crippen LogP contribution in [0.3, 0.4) is 0 Å². The molecule has 1 aromatic heterocycles. The van der Waals surface area contributed by atoms with Crippen molar-refractivity contribution in [3.63, 3.8) is 0 Å². The van der Waals surface area contributed by atoms with E-state index in [4.69, 9.17) is 0 Å². The van der Waals surface area contributed by atoms with Gasteiger partial charge in [-0.1, -0.05) is 12.1 Å². The Morgan fingerprint density at radius 1 is 1.43 bits per heavy atom. The summed E-state index contributed by atoms with van der Waals surface area (Å²) in [6, 6.07) is 6.59. The molecule has 1 heterocycles. The van der Waals surface area contributed by atoms with E-state index in [1.807, 2.05) is 0 Å². The largest absolute Gasteiger partial charge is 0.354 e. The molecule has 0 aliphatic rings. The summed E-state index contributed by atoms with van der Waals surface area (Å²) in [5.74, 6) is -0.301. The predicted molar refractivity (Wildman–Crippen MR) is 77.7 cm³/mol. The molecule has 2 aromatic rings. The van der Waals surface area contributed by atoms with Crippen LogP contribution in [0.25, 0.3) is 11.1 Å². The van der Waals surface area contributed by atoms with Gasteiger partial charge in [-0.3, -0.25) is 4.68 Å². The third kappa shape index (κ3) is 3.99. The molecule has 0 atom stereocenters. The Morgan fingerprint density at radius 3 is 2.86 bits per heavy atom. The number of sulfone groups is 1. The summed E-state index contributed by atoms with van der Waals surface area (Å²) in [6.07, 6.45) is 5.82. The van der Waals surface area contributed by atoms with Gasteiger partial charge >= 0.3 is 0 Å². The molecule has 2 rings (SSSR count). The van der Waals surface area contributed by atoms with Crippen LogP contribution in [-0.4, -0.2) is 31.0 Å². The van der Waals surface area contributed by atoms with Crippen LogP contribution in [-0.2, 0) is 16.4 Å². The Kier molecular flexibility index (Phi) is 4.54. The van der Waals surface area contributed by atoms with Gasteiger partial charge in [0, 0.05) is 24.1 Å². The van der Waals surface area contributed by atoms with E-state index >= 15 is 0 Å². The SMILES string of the molecule is CS(=O)(=O)c1cccc(-c2cnn(CC(F)=CC[NH3+])c2)c1. The van der Waals surface area contributed by atoms with Gasteiger partial charge < -0.3 is 5.73 Å². The molecule has 0 aliphatic heterocycles. The van der Waals surface area contributed by atoms with Crippen LogP contribution in [0.5, 0.6) is 0 Å². The minimum absolute atomic E-state index is 0.0429. The van der Waals surface area contributed by atoms with E-state index in [0.29, 0.717) is 6.54 Å². The maximum Gasteiger partial charge on any atom is 0.175 e. The first-order valence-corrected chi connectivity index (χ1v) is 8.26. The molecule has 1 aromatic carbocycles. The van der Waals surface area contributed by atoms with Gasteiger partial charge in [0.15, 0.2) is 9.84 Å². The van der Waals surface area contributed by atoms with Crippen LogP contribution in [0.4, 0.5) is 4.39 Å². The molecule has 0 aliphatic carbocycles. The molecule has 0 fully saturated rings. The molecule has 0 unspecified atom stereocenters. The molecule has 21 heavy (non-hydrogen) atoms. The number of hydrogen-bond donors (Lipinski definition) is 1. The monoisotopic (exact) mass is 310 g/mol. The maximum atomic E-state index is 13.4. The van der Waals surface area contributed by atoms with Crippen molar-refractivity contribution >= 4 is 9.84 Å². The lowest BCUT2D eigenvalue weighted by Gasteiger charge is -2.01. The first kappa shape index (κ1) is 15.4. The van der Waals surface area contributed by atoms with E-state index < -0.39 is 9.84 Å². The molecule has 112 valence electrons. The van der Waals surface area contributed by atoms with Crippen molar-refractivity contribution in [2.45, 2.75) is 11.4 Å². The Balaban J connectivity index is 2.28.